The van der Waals surface area contributed by atoms with E-state index in [2.05, 4.69) is 77.1 Å². The summed E-state index contributed by atoms with van der Waals surface area (Å²) in [6.07, 6.45) is 2.32. The Hall–Kier alpha value is -0.790. The Labute approximate surface area is 205 Å². The zero-order chi connectivity index (χ0) is 20.7. The van der Waals surface area contributed by atoms with Gasteiger partial charge in [0, 0.05) is 29.4 Å². The van der Waals surface area contributed by atoms with Crippen LogP contribution in [0, 0.1) is 7.14 Å². The van der Waals surface area contributed by atoms with E-state index in [1.54, 1.807) is 18.2 Å². The van der Waals surface area contributed by atoms with Crippen molar-refractivity contribution < 1.29 is 9.59 Å². The number of benzene rings is 2. The molecule has 0 aliphatic carbocycles. The molecule has 0 unspecified atom stereocenters. The number of amides is 2. The predicted octanol–water partition coefficient (Wildman–Crippen LogP) is 5.91. The summed E-state index contributed by atoms with van der Waals surface area (Å²) in [4.78, 5) is 24.4. The van der Waals surface area contributed by atoms with Crippen molar-refractivity contribution in [2.45, 2.75) is 26.2 Å². The molecule has 9 heteroatoms. The van der Waals surface area contributed by atoms with Crippen LogP contribution in [-0.4, -0.2) is 16.9 Å². The molecule has 2 rings (SSSR count). The molecule has 2 amide bonds. The molecule has 0 aliphatic rings. The van der Waals surface area contributed by atoms with Crippen LogP contribution in [0.25, 0.3) is 0 Å². The smallest absolute Gasteiger partial charge is 0.258 e. The standard InChI is InChI=1S/C19H18BrI2N3O2S/c1-2-3-7-16(26)23-12-5-4-6-13(10-12)24-19(28)25-18(27)14-8-11(21)9-15(22)17(14)20/h4-6,8-10H,2-3,7H2,1H3,(H,23,26)(H2,24,25,27,28). The number of halogens is 3. The predicted molar refractivity (Wildman–Crippen MR) is 138 cm³/mol. The molecule has 28 heavy (non-hydrogen) atoms. The highest BCUT2D eigenvalue weighted by Gasteiger charge is 2.15. The van der Waals surface area contributed by atoms with Crippen LogP contribution in [0.5, 0.6) is 0 Å². The van der Waals surface area contributed by atoms with Crippen LogP contribution in [0.15, 0.2) is 40.9 Å². The highest BCUT2D eigenvalue weighted by molar-refractivity contribution is 14.1. The average Bonchev–Trinajstić information content (AvgIpc) is 2.63. The topological polar surface area (TPSA) is 70.2 Å². The van der Waals surface area contributed by atoms with Crippen LogP contribution < -0.4 is 16.0 Å². The van der Waals surface area contributed by atoms with Crippen molar-refractivity contribution in [1.29, 1.82) is 0 Å². The number of hydrogen-bond acceptors (Lipinski definition) is 3. The van der Waals surface area contributed by atoms with Gasteiger partial charge in [0.15, 0.2) is 5.11 Å². The Morgan fingerprint density at radius 2 is 1.79 bits per heavy atom. The van der Waals surface area contributed by atoms with Crippen LogP contribution in [-0.2, 0) is 4.79 Å². The summed E-state index contributed by atoms with van der Waals surface area (Å²) in [6.45, 7) is 2.04. The van der Waals surface area contributed by atoms with Gasteiger partial charge in [-0.2, -0.15) is 0 Å². The maximum absolute atomic E-state index is 12.6. The number of carbonyl (C=O) groups excluding carboxylic acids is 2. The second-order valence-corrected chi connectivity index (χ2v) is 9.50. The van der Waals surface area contributed by atoms with Crippen molar-refractivity contribution in [3.63, 3.8) is 0 Å². The highest BCUT2D eigenvalue weighted by atomic mass is 127. The Bertz CT molecular complexity index is 909. The fourth-order valence-electron chi connectivity index (χ4n) is 2.29. The number of rotatable bonds is 6. The average molecular weight is 686 g/mol. The van der Waals surface area contributed by atoms with Gasteiger partial charge in [0.2, 0.25) is 5.91 Å². The SMILES string of the molecule is CCCCC(=O)Nc1cccc(NC(=S)NC(=O)c2cc(I)cc(I)c2Br)c1. The summed E-state index contributed by atoms with van der Waals surface area (Å²) in [6, 6.07) is 11.0. The second kappa shape index (κ2) is 11.4. The molecule has 0 bridgehead atoms. The molecule has 0 saturated heterocycles. The highest BCUT2D eigenvalue weighted by Crippen LogP contribution is 2.26. The summed E-state index contributed by atoms with van der Waals surface area (Å²) >= 11 is 13.0. The molecule has 0 heterocycles. The molecule has 3 N–H and O–H groups in total. The lowest BCUT2D eigenvalue weighted by atomic mass is 10.2. The van der Waals surface area contributed by atoms with Gasteiger partial charge >= 0.3 is 0 Å². The van der Waals surface area contributed by atoms with Gasteiger partial charge in [-0.15, -0.1) is 0 Å². The van der Waals surface area contributed by atoms with Gasteiger partial charge in [0.05, 0.1) is 5.56 Å². The number of carbonyl (C=O) groups is 2. The van der Waals surface area contributed by atoms with Crippen LogP contribution in [0.4, 0.5) is 11.4 Å². The molecule has 0 atom stereocenters. The molecule has 0 spiro atoms. The molecular weight excluding hydrogens is 668 g/mol. The van der Waals surface area contributed by atoms with Crippen molar-refractivity contribution in [3.05, 3.63) is 53.6 Å². The minimum absolute atomic E-state index is 0.0204. The Balaban J connectivity index is 2.00. The molecule has 5 nitrogen and oxygen atoms in total. The summed E-state index contributed by atoms with van der Waals surface area (Å²) in [5.41, 5.74) is 1.86. The van der Waals surface area contributed by atoms with Crippen LogP contribution >= 0.6 is 73.3 Å². The Kier molecular flexibility index (Phi) is 9.57. The van der Waals surface area contributed by atoms with E-state index in [1.165, 1.54) is 0 Å². The minimum Gasteiger partial charge on any atom is -0.332 e. The van der Waals surface area contributed by atoms with Gasteiger partial charge < -0.3 is 10.6 Å². The third-order valence-corrected chi connectivity index (χ3v) is 6.90. The lowest BCUT2D eigenvalue weighted by Crippen LogP contribution is -2.34. The van der Waals surface area contributed by atoms with E-state index >= 15 is 0 Å². The maximum atomic E-state index is 12.6. The van der Waals surface area contributed by atoms with E-state index < -0.39 is 0 Å². The van der Waals surface area contributed by atoms with E-state index in [4.69, 9.17) is 12.2 Å². The summed E-state index contributed by atoms with van der Waals surface area (Å²) < 4.78 is 2.63. The molecule has 2 aromatic rings. The third-order valence-electron chi connectivity index (χ3n) is 3.63. The van der Waals surface area contributed by atoms with E-state index in [0.29, 0.717) is 23.4 Å². The van der Waals surface area contributed by atoms with Crippen molar-refractivity contribution >= 4 is 102 Å². The summed E-state index contributed by atoms with van der Waals surface area (Å²) in [5.74, 6) is -0.321. The second-order valence-electron chi connectivity index (χ2n) is 5.89. The lowest BCUT2D eigenvalue weighted by Gasteiger charge is -2.12. The third kappa shape index (κ3) is 7.23. The number of hydrogen-bond donors (Lipinski definition) is 3. The first kappa shape index (κ1) is 23.5. The molecule has 0 aromatic heterocycles. The van der Waals surface area contributed by atoms with Gasteiger partial charge in [-0.05, 0) is 110 Å². The fourth-order valence-corrected chi connectivity index (χ4v) is 4.75. The van der Waals surface area contributed by atoms with Crippen LogP contribution in [0.3, 0.4) is 0 Å². The fraction of sp³-hybridized carbons (Fsp3) is 0.211. The monoisotopic (exact) mass is 685 g/mol. The van der Waals surface area contributed by atoms with Crippen LogP contribution in [0.2, 0.25) is 0 Å². The zero-order valence-corrected chi connectivity index (χ0v) is 21.7. The molecule has 0 radical (unpaired) electrons. The lowest BCUT2D eigenvalue weighted by molar-refractivity contribution is -0.116. The van der Waals surface area contributed by atoms with E-state index in [1.807, 2.05) is 25.1 Å². The van der Waals surface area contributed by atoms with Gasteiger partial charge in [-0.1, -0.05) is 19.4 Å². The number of nitrogens with one attached hydrogen (secondary N) is 3. The number of unbranched alkanes of at least 4 members (excludes halogenated alkanes) is 1. The normalized spacial score (nSPS) is 10.3. The zero-order valence-electron chi connectivity index (χ0n) is 14.9. The van der Waals surface area contributed by atoms with Gasteiger partial charge in [0.1, 0.15) is 0 Å². The number of thiocarbonyl (C=S) groups is 1. The maximum Gasteiger partial charge on any atom is 0.258 e. The van der Waals surface area contributed by atoms with Crippen LogP contribution in [0.1, 0.15) is 36.5 Å². The summed E-state index contributed by atoms with van der Waals surface area (Å²) in [7, 11) is 0. The minimum atomic E-state index is -0.301. The van der Waals surface area contributed by atoms with Crippen molar-refractivity contribution in [1.82, 2.24) is 5.32 Å². The molecular formula is C19H18BrI2N3O2S. The first-order chi connectivity index (χ1) is 13.3. The molecule has 148 valence electrons. The molecule has 0 fully saturated rings. The van der Waals surface area contributed by atoms with E-state index in [-0.39, 0.29) is 16.9 Å². The molecule has 2 aromatic carbocycles. The van der Waals surface area contributed by atoms with Crippen molar-refractivity contribution in [3.8, 4) is 0 Å². The van der Waals surface area contributed by atoms with Crippen molar-refractivity contribution in [2.24, 2.45) is 0 Å². The largest absolute Gasteiger partial charge is 0.332 e. The molecule has 0 aliphatic heterocycles. The van der Waals surface area contributed by atoms with E-state index in [0.717, 1.165) is 24.5 Å². The summed E-state index contributed by atoms with van der Waals surface area (Å²) in [5, 5.41) is 8.70. The molecule has 0 saturated carbocycles. The Morgan fingerprint density at radius 3 is 2.46 bits per heavy atom. The van der Waals surface area contributed by atoms with Gasteiger partial charge in [-0.3, -0.25) is 14.9 Å². The van der Waals surface area contributed by atoms with E-state index in [9.17, 15) is 9.59 Å². The first-order valence-corrected chi connectivity index (χ1v) is 11.8. The number of anilines is 2. The first-order valence-electron chi connectivity index (χ1n) is 8.47. The quantitative estimate of drug-likeness (QED) is 0.201. The van der Waals surface area contributed by atoms with Gasteiger partial charge in [0.25, 0.3) is 5.91 Å². The van der Waals surface area contributed by atoms with Gasteiger partial charge in [-0.25, -0.2) is 0 Å². The Morgan fingerprint density at radius 1 is 1.11 bits per heavy atom. The van der Waals surface area contributed by atoms with Crippen molar-refractivity contribution in [2.75, 3.05) is 10.6 Å².